The molecule has 0 unspecified atom stereocenters. The molecule has 0 aliphatic heterocycles. The Kier molecular flexibility index (Phi) is 5.78. The third kappa shape index (κ3) is 4.76. The number of nitrogens with one attached hydrogen (secondary N) is 1. The Morgan fingerprint density at radius 3 is 2.46 bits per heavy atom. The molecule has 2 aromatic rings. The van der Waals surface area contributed by atoms with E-state index in [1.165, 1.54) is 31.5 Å². The van der Waals surface area contributed by atoms with Crippen LogP contribution in [0.5, 0.6) is 0 Å². The van der Waals surface area contributed by atoms with Crippen molar-refractivity contribution < 1.29 is 19.1 Å². The lowest BCUT2D eigenvalue weighted by Gasteiger charge is -2.07. The molecule has 1 fully saturated rings. The highest BCUT2D eigenvalue weighted by Gasteiger charge is 2.26. The van der Waals surface area contributed by atoms with Crippen LogP contribution in [0.4, 0.5) is 5.69 Å². The quantitative estimate of drug-likeness (QED) is 0.450. The lowest BCUT2D eigenvalue weighted by atomic mass is 10.1. The maximum atomic E-state index is 11.9. The third-order valence-corrected chi connectivity index (χ3v) is 4.76. The van der Waals surface area contributed by atoms with Crippen molar-refractivity contribution in [2.45, 2.75) is 39.7 Å². The molecule has 1 aliphatic carbocycles. The summed E-state index contributed by atoms with van der Waals surface area (Å²) in [5.74, 6) is -1.06. The number of benzene rings is 1. The summed E-state index contributed by atoms with van der Waals surface area (Å²) >= 11 is 0. The molecule has 0 spiro atoms. The van der Waals surface area contributed by atoms with Crippen molar-refractivity contribution in [2.24, 2.45) is 0 Å². The molecule has 6 nitrogen and oxygen atoms in total. The Bertz CT molecular complexity index is 934. The average Bonchev–Trinajstić information content (AvgIpc) is 3.44. The zero-order valence-corrected chi connectivity index (χ0v) is 16.3. The molecule has 1 saturated carbocycles. The van der Waals surface area contributed by atoms with Crippen molar-refractivity contribution >= 4 is 29.4 Å². The van der Waals surface area contributed by atoms with Crippen LogP contribution in [-0.4, -0.2) is 28.8 Å². The fourth-order valence-corrected chi connectivity index (χ4v) is 3.19. The van der Waals surface area contributed by atoms with Gasteiger partial charge in [0.15, 0.2) is 12.4 Å². The smallest absolute Gasteiger partial charge is 0.331 e. The largest absolute Gasteiger partial charge is 0.452 e. The molecule has 0 saturated heterocycles. The number of carbonyl (C=O) groups is 3. The van der Waals surface area contributed by atoms with Crippen LogP contribution in [-0.2, 0) is 14.3 Å². The van der Waals surface area contributed by atoms with E-state index in [-0.39, 0.29) is 12.4 Å². The molecule has 1 aliphatic rings. The first-order valence-electron chi connectivity index (χ1n) is 9.29. The topological polar surface area (TPSA) is 77.4 Å². The third-order valence-electron chi connectivity index (χ3n) is 4.76. The summed E-state index contributed by atoms with van der Waals surface area (Å²) in [4.78, 5) is 35.1. The first kappa shape index (κ1) is 19.6. The SMILES string of the molecule is CC(=O)c1ccc(NC(=O)COC(=O)/C=C/c2cc(C)n(C3CC3)c2C)cc1. The van der Waals surface area contributed by atoms with Crippen LogP contribution in [0, 0.1) is 13.8 Å². The minimum absolute atomic E-state index is 0.0449. The molecule has 0 bridgehead atoms. The summed E-state index contributed by atoms with van der Waals surface area (Å²) in [5, 5.41) is 2.62. The van der Waals surface area contributed by atoms with E-state index in [2.05, 4.69) is 22.9 Å². The second kappa shape index (κ2) is 8.25. The van der Waals surface area contributed by atoms with Gasteiger partial charge in [-0.2, -0.15) is 0 Å². The van der Waals surface area contributed by atoms with Gasteiger partial charge in [0.1, 0.15) is 0 Å². The number of esters is 1. The van der Waals surface area contributed by atoms with E-state index in [4.69, 9.17) is 4.74 Å². The van der Waals surface area contributed by atoms with Gasteiger partial charge in [0.05, 0.1) is 0 Å². The van der Waals surface area contributed by atoms with Crippen molar-refractivity contribution in [3.05, 3.63) is 58.9 Å². The number of aryl methyl sites for hydroxylation is 1. The zero-order chi connectivity index (χ0) is 20.3. The molecule has 146 valence electrons. The maximum absolute atomic E-state index is 11.9. The van der Waals surface area contributed by atoms with E-state index in [1.54, 1.807) is 30.3 Å². The Balaban J connectivity index is 1.50. The fourth-order valence-electron chi connectivity index (χ4n) is 3.19. The van der Waals surface area contributed by atoms with E-state index in [0.29, 0.717) is 17.3 Å². The van der Waals surface area contributed by atoms with Crippen molar-refractivity contribution in [3.63, 3.8) is 0 Å². The van der Waals surface area contributed by atoms with Gasteiger partial charge in [0, 0.05) is 34.8 Å². The zero-order valence-electron chi connectivity index (χ0n) is 16.3. The summed E-state index contributed by atoms with van der Waals surface area (Å²) < 4.78 is 7.30. The van der Waals surface area contributed by atoms with E-state index >= 15 is 0 Å². The number of hydrogen-bond acceptors (Lipinski definition) is 4. The normalized spacial score (nSPS) is 13.5. The average molecular weight is 380 g/mol. The molecule has 28 heavy (non-hydrogen) atoms. The van der Waals surface area contributed by atoms with Crippen LogP contribution < -0.4 is 5.32 Å². The summed E-state index contributed by atoms with van der Waals surface area (Å²) in [6.07, 6.45) is 5.47. The van der Waals surface area contributed by atoms with Gasteiger partial charge in [-0.05, 0) is 75.6 Å². The van der Waals surface area contributed by atoms with Crippen LogP contribution in [0.1, 0.15) is 53.1 Å². The van der Waals surface area contributed by atoms with Gasteiger partial charge >= 0.3 is 5.97 Å². The molecule has 3 rings (SSSR count). The van der Waals surface area contributed by atoms with Crippen molar-refractivity contribution in [1.82, 2.24) is 4.57 Å². The molecule has 0 radical (unpaired) electrons. The number of Topliss-reactive ketones (excluding diaryl/α,β-unsaturated/α-hetero) is 1. The molecule has 1 aromatic heterocycles. The van der Waals surface area contributed by atoms with Gasteiger partial charge in [-0.3, -0.25) is 9.59 Å². The van der Waals surface area contributed by atoms with Gasteiger partial charge in [-0.15, -0.1) is 0 Å². The summed E-state index contributed by atoms with van der Waals surface area (Å²) in [7, 11) is 0. The minimum Gasteiger partial charge on any atom is -0.452 e. The highest BCUT2D eigenvalue weighted by atomic mass is 16.5. The first-order valence-corrected chi connectivity index (χ1v) is 9.29. The predicted octanol–water partition coefficient (Wildman–Crippen LogP) is 3.84. The highest BCUT2D eigenvalue weighted by Crippen LogP contribution is 2.38. The number of carbonyl (C=O) groups excluding carboxylic acids is 3. The van der Waals surface area contributed by atoms with Gasteiger partial charge in [0.25, 0.3) is 5.91 Å². The molecule has 1 N–H and O–H groups in total. The van der Waals surface area contributed by atoms with Crippen LogP contribution in [0.2, 0.25) is 0 Å². The standard InChI is InChI=1S/C22H24N2O4/c1-14-12-18(15(2)24(14)20-9-10-20)6-11-22(27)28-13-21(26)23-19-7-4-17(5-8-19)16(3)25/h4-8,11-12,20H,9-10,13H2,1-3H3,(H,23,26)/b11-6+. The summed E-state index contributed by atoms with van der Waals surface area (Å²) in [6, 6.07) is 9.16. The highest BCUT2D eigenvalue weighted by molar-refractivity contribution is 5.96. The number of anilines is 1. The molecule has 1 amide bonds. The van der Waals surface area contributed by atoms with Crippen LogP contribution >= 0.6 is 0 Å². The Morgan fingerprint density at radius 1 is 1.18 bits per heavy atom. The van der Waals surface area contributed by atoms with Gasteiger partial charge < -0.3 is 14.6 Å². The van der Waals surface area contributed by atoms with Crippen LogP contribution in [0.3, 0.4) is 0 Å². The van der Waals surface area contributed by atoms with E-state index in [9.17, 15) is 14.4 Å². The molecular weight excluding hydrogens is 356 g/mol. The lowest BCUT2D eigenvalue weighted by Crippen LogP contribution is -2.20. The molecule has 0 atom stereocenters. The minimum atomic E-state index is -0.571. The number of aromatic nitrogens is 1. The van der Waals surface area contributed by atoms with Gasteiger partial charge in [0.2, 0.25) is 0 Å². The van der Waals surface area contributed by atoms with E-state index in [0.717, 1.165) is 11.3 Å². The molecule has 1 heterocycles. The molecular formula is C22H24N2O4. The Labute approximate surface area is 164 Å². The van der Waals surface area contributed by atoms with Gasteiger partial charge in [-0.1, -0.05) is 0 Å². The summed E-state index contributed by atoms with van der Waals surface area (Å²) in [5.41, 5.74) is 4.40. The van der Waals surface area contributed by atoms with Gasteiger partial charge in [-0.25, -0.2) is 4.79 Å². The predicted molar refractivity (Wildman–Crippen MR) is 107 cm³/mol. The first-order chi connectivity index (χ1) is 13.3. The number of nitrogens with zero attached hydrogens (tertiary/aromatic N) is 1. The number of ether oxygens (including phenoxy) is 1. The maximum Gasteiger partial charge on any atom is 0.331 e. The number of hydrogen-bond donors (Lipinski definition) is 1. The van der Waals surface area contributed by atoms with Crippen LogP contribution in [0.25, 0.3) is 6.08 Å². The van der Waals surface area contributed by atoms with Crippen molar-refractivity contribution in [3.8, 4) is 0 Å². The fraction of sp³-hybridized carbons (Fsp3) is 0.318. The second-order valence-electron chi connectivity index (χ2n) is 7.05. The monoisotopic (exact) mass is 380 g/mol. The lowest BCUT2D eigenvalue weighted by molar-refractivity contribution is -0.142. The van der Waals surface area contributed by atoms with E-state index < -0.39 is 11.9 Å². The molecule has 1 aromatic carbocycles. The Morgan fingerprint density at radius 2 is 1.86 bits per heavy atom. The molecule has 6 heteroatoms. The van der Waals surface area contributed by atoms with Crippen LogP contribution in [0.15, 0.2) is 36.4 Å². The van der Waals surface area contributed by atoms with Crippen molar-refractivity contribution in [2.75, 3.05) is 11.9 Å². The Hall–Kier alpha value is -3.15. The number of amides is 1. The van der Waals surface area contributed by atoms with Crippen molar-refractivity contribution in [1.29, 1.82) is 0 Å². The summed E-state index contributed by atoms with van der Waals surface area (Å²) in [6.45, 7) is 5.21. The number of ketones is 1. The number of rotatable bonds is 7. The second-order valence-corrected chi connectivity index (χ2v) is 7.05. The van der Waals surface area contributed by atoms with E-state index in [1.807, 2.05) is 6.92 Å².